The van der Waals surface area contributed by atoms with Crippen LogP contribution in [0.3, 0.4) is 0 Å². The maximum atomic E-state index is 13.4. The van der Waals surface area contributed by atoms with E-state index in [2.05, 4.69) is 4.98 Å². The third kappa shape index (κ3) is 3.74. The summed E-state index contributed by atoms with van der Waals surface area (Å²) < 4.78 is 45.6. The molecule has 8 nitrogen and oxygen atoms in total. The molecule has 10 heteroatoms. The SMILES string of the molecule is CCn1c(C(N)=C(N)N)nc(C(C)C)c1S(=O)(=O)Oc1cccc(F)c1. The highest BCUT2D eigenvalue weighted by molar-refractivity contribution is 7.87. The fourth-order valence-electron chi connectivity index (χ4n) is 2.41. The van der Waals surface area contributed by atoms with Gasteiger partial charge in [-0.25, -0.2) is 9.37 Å². The van der Waals surface area contributed by atoms with Crippen molar-refractivity contribution in [3.63, 3.8) is 0 Å². The van der Waals surface area contributed by atoms with Gasteiger partial charge in [0.15, 0.2) is 10.9 Å². The standard InChI is InChI=1S/C16H22FN5O3S/c1-4-22-15(12(18)14(19)20)21-13(9(2)3)16(22)26(23,24)25-11-7-5-6-10(17)8-11/h5-9H,4,18-20H2,1-3H3. The van der Waals surface area contributed by atoms with Crippen LogP contribution in [0.5, 0.6) is 5.75 Å². The summed E-state index contributed by atoms with van der Waals surface area (Å²) in [6.45, 7) is 5.50. The van der Waals surface area contributed by atoms with E-state index >= 15 is 0 Å². The maximum absolute atomic E-state index is 13.4. The van der Waals surface area contributed by atoms with Crippen molar-refractivity contribution in [2.75, 3.05) is 0 Å². The zero-order valence-corrected chi connectivity index (χ0v) is 15.5. The van der Waals surface area contributed by atoms with Gasteiger partial charge in [0, 0.05) is 12.6 Å². The van der Waals surface area contributed by atoms with Crippen LogP contribution in [0.1, 0.15) is 38.2 Å². The lowest BCUT2D eigenvalue weighted by molar-refractivity contribution is 0.468. The van der Waals surface area contributed by atoms with E-state index < -0.39 is 15.9 Å². The van der Waals surface area contributed by atoms with Gasteiger partial charge in [-0.05, 0) is 25.0 Å². The summed E-state index contributed by atoms with van der Waals surface area (Å²) in [7, 11) is -4.31. The summed E-state index contributed by atoms with van der Waals surface area (Å²) in [5, 5.41) is -0.168. The lowest BCUT2D eigenvalue weighted by Crippen LogP contribution is -2.21. The highest BCUT2D eigenvalue weighted by atomic mass is 32.2. The monoisotopic (exact) mass is 383 g/mol. The Hall–Kier alpha value is -2.75. The average Bonchev–Trinajstić information content (AvgIpc) is 2.94. The van der Waals surface area contributed by atoms with Crippen LogP contribution in [-0.2, 0) is 16.7 Å². The first-order chi connectivity index (χ1) is 12.1. The number of hydrogen-bond acceptors (Lipinski definition) is 7. The lowest BCUT2D eigenvalue weighted by Gasteiger charge is -2.13. The molecule has 0 radical (unpaired) electrons. The number of hydrogen-bond donors (Lipinski definition) is 3. The van der Waals surface area contributed by atoms with E-state index in [1.54, 1.807) is 20.8 Å². The highest BCUT2D eigenvalue weighted by Gasteiger charge is 2.31. The van der Waals surface area contributed by atoms with Gasteiger partial charge in [0.05, 0.1) is 5.69 Å². The Morgan fingerprint density at radius 1 is 1.31 bits per heavy atom. The van der Waals surface area contributed by atoms with Crippen molar-refractivity contribution < 1.29 is 17.0 Å². The normalized spacial score (nSPS) is 11.6. The molecule has 6 N–H and O–H groups in total. The van der Waals surface area contributed by atoms with Crippen LogP contribution in [0.15, 0.2) is 35.1 Å². The minimum absolute atomic E-state index is 0.0269. The number of benzene rings is 1. The fraction of sp³-hybridized carbons (Fsp3) is 0.312. The van der Waals surface area contributed by atoms with Crippen LogP contribution in [0.2, 0.25) is 0 Å². The Bertz CT molecular complexity index is 947. The van der Waals surface area contributed by atoms with E-state index in [4.69, 9.17) is 21.4 Å². The second-order valence-corrected chi connectivity index (χ2v) is 7.35. The molecule has 0 saturated heterocycles. The first kappa shape index (κ1) is 19.6. The third-order valence-corrected chi connectivity index (χ3v) is 4.92. The van der Waals surface area contributed by atoms with Gasteiger partial charge in [-0.1, -0.05) is 19.9 Å². The van der Waals surface area contributed by atoms with Gasteiger partial charge in [0.25, 0.3) is 0 Å². The third-order valence-electron chi connectivity index (χ3n) is 3.60. The highest BCUT2D eigenvalue weighted by Crippen LogP contribution is 2.29. The minimum atomic E-state index is -4.31. The summed E-state index contributed by atoms with van der Waals surface area (Å²) in [5.41, 5.74) is 17.2. The van der Waals surface area contributed by atoms with Crippen LogP contribution >= 0.6 is 0 Å². The summed E-state index contributed by atoms with van der Waals surface area (Å²) in [4.78, 5) is 4.31. The second-order valence-electron chi connectivity index (χ2n) is 5.89. The summed E-state index contributed by atoms with van der Waals surface area (Å²) >= 11 is 0. The van der Waals surface area contributed by atoms with E-state index in [9.17, 15) is 12.8 Å². The van der Waals surface area contributed by atoms with Crippen LogP contribution in [0.25, 0.3) is 5.70 Å². The minimum Gasteiger partial charge on any atom is -0.393 e. The molecule has 0 spiro atoms. The molecule has 1 aromatic heterocycles. The van der Waals surface area contributed by atoms with Crippen molar-refractivity contribution >= 4 is 15.8 Å². The van der Waals surface area contributed by atoms with Crippen LogP contribution < -0.4 is 21.4 Å². The van der Waals surface area contributed by atoms with Gasteiger partial charge >= 0.3 is 10.1 Å². The smallest absolute Gasteiger partial charge is 0.357 e. The quantitative estimate of drug-likeness (QED) is 0.641. The van der Waals surface area contributed by atoms with Crippen LogP contribution in [0.4, 0.5) is 4.39 Å². The van der Waals surface area contributed by atoms with Gasteiger partial charge < -0.3 is 26.0 Å². The molecular weight excluding hydrogens is 361 g/mol. The predicted molar refractivity (Wildman–Crippen MR) is 95.7 cm³/mol. The largest absolute Gasteiger partial charge is 0.393 e. The Balaban J connectivity index is 2.68. The van der Waals surface area contributed by atoms with Gasteiger partial charge in [0.2, 0.25) is 0 Å². The van der Waals surface area contributed by atoms with Crippen molar-refractivity contribution in [2.45, 2.75) is 38.3 Å². The van der Waals surface area contributed by atoms with E-state index in [1.807, 2.05) is 0 Å². The average molecular weight is 383 g/mol. The van der Waals surface area contributed by atoms with Crippen LogP contribution in [0, 0.1) is 5.82 Å². The lowest BCUT2D eigenvalue weighted by atomic mass is 10.1. The topological polar surface area (TPSA) is 139 Å². The van der Waals surface area contributed by atoms with Crippen molar-refractivity contribution in [3.05, 3.63) is 47.4 Å². The number of imidazole rings is 1. The van der Waals surface area contributed by atoms with Gasteiger partial charge in [-0.2, -0.15) is 8.42 Å². The zero-order valence-electron chi connectivity index (χ0n) is 14.7. The molecule has 0 saturated carbocycles. The van der Waals surface area contributed by atoms with Gasteiger partial charge in [-0.3, -0.25) is 0 Å². The first-order valence-electron chi connectivity index (χ1n) is 7.90. The van der Waals surface area contributed by atoms with E-state index in [0.717, 1.165) is 6.07 Å². The molecule has 0 aliphatic rings. The Labute approximate surface area is 151 Å². The molecule has 26 heavy (non-hydrogen) atoms. The summed E-state index contributed by atoms with van der Waals surface area (Å²) in [6, 6.07) is 4.85. The van der Waals surface area contributed by atoms with Gasteiger partial charge in [-0.15, -0.1) is 0 Å². The Kier molecular flexibility index (Phi) is 5.45. The molecule has 0 amide bonds. The number of aromatic nitrogens is 2. The predicted octanol–water partition coefficient (Wildman–Crippen LogP) is 1.44. The molecule has 0 aliphatic carbocycles. The van der Waals surface area contributed by atoms with Crippen molar-refractivity contribution in [1.82, 2.24) is 9.55 Å². The van der Waals surface area contributed by atoms with E-state index in [1.165, 1.54) is 22.8 Å². The Morgan fingerprint density at radius 2 is 1.96 bits per heavy atom. The molecule has 0 atom stereocenters. The molecule has 0 bridgehead atoms. The summed E-state index contributed by atoms with van der Waals surface area (Å²) in [6.07, 6.45) is 0. The molecule has 0 fully saturated rings. The van der Waals surface area contributed by atoms with Crippen molar-refractivity contribution in [1.29, 1.82) is 0 Å². The number of halogens is 1. The maximum Gasteiger partial charge on any atom is 0.357 e. The molecule has 2 aromatic rings. The molecule has 2 rings (SSSR count). The summed E-state index contributed by atoms with van der Waals surface area (Å²) in [5.74, 6) is -1.05. The molecular formula is C16H22FN5O3S. The van der Waals surface area contributed by atoms with Crippen molar-refractivity contribution in [3.8, 4) is 5.75 Å². The molecule has 0 unspecified atom stereocenters. The van der Waals surface area contributed by atoms with E-state index in [0.29, 0.717) is 0 Å². The second kappa shape index (κ2) is 7.24. The Morgan fingerprint density at radius 3 is 2.46 bits per heavy atom. The van der Waals surface area contributed by atoms with Gasteiger partial charge in [0.1, 0.15) is 23.1 Å². The van der Waals surface area contributed by atoms with Crippen molar-refractivity contribution in [2.24, 2.45) is 17.2 Å². The fourth-order valence-corrected chi connectivity index (χ4v) is 3.87. The van der Waals surface area contributed by atoms with E-state index in [-0.39, 0.29) is 46.3 Å². The zero-order chi connectivity index (χ0) is 19.6. The first-order valence-corrected chi connectivity index (χ1v) is 9.30. The number of rotatable bonds is 6. The molecule has 0 aliphatic heterocycles. The molecule has 1 aromatic carbocycles. The number of nitrogens with zero attached hydrogens (tertiary/aromatic N) is 2. The molecule has 1 heterocycles. The van der Waals surface area contributed by atoms with Crippen LogP contribution in [-0.4, -0.2) is 18.0 Å². The number of nitrogens with two attached hydrogens (primary N) is 3. The molecule has 142 valence electrons.